The molecule has 1 aromatic rings. The van der Waals surface area contributed by atoms with Gasteiger partial charge >= 0.3 is 0 Å². The van der Waals surface area contributed by atoms with Gasteiger partial charge in [-0.15, -0.1) is 0 Å². The molecule has 1 aliphatic rings. The van der Waals surface area contributed by atoms with Gasteiger partial charge in [-0.1, -0.05) is 23.2 Å². The van der Waals surface area contributed by atoms with Gasteiger partial charge in [-0.25, -0.2) is 4.39 Å². The van der Waals surface area contributed by atoms with E-state index in [1.54, 1.807) is 0 Å². The highest BCUT2D eigenvalue weighted by Crippen LogP contribution is 2.28. The van der Waals surface area contributed by atoms with Crippen LogP contribution in [0.15, 0.2) is 12.1 Å². The Morgan fingerprint density at radius 1 is 1.42 bits per heavy atom. The molecule has 4 nitrogen and oxygen atoms in total. The molecule has 1 heterocycles. The van der Waals surface area contributed by atoms with E-state index in [1.807, 2.05) is 0 Å². The first-order valence-corrected chi connectivity index (χ1v) is 6.57. The zero-order valence-electron chi connectivity index (χ0n) is 9.96. The van der Waals surface area contributed by atoms with Gasteiger partial charge < -0.3 is 15.8 Å². The maximum atomic E-state index is 13.2. The molecule has 0 aromatic heterocycles. The number of amides is 1. The Balaban J connectivity index is 2.03. The van der Waals surface area contributed by atoms with Gasteiger partial charge in [0, 0.05) is 12.2 Å². The number of ether oxygens (including phenoxy) is 1. The average molecular weight is 307 g/mol. The van der Waals surface area contributed by atoms with Crippen LogP contribution in [0.2, 0.25) is 10.0 Å². The topological polar surface area (TPSA) is 64.4 Å². The fourth-order valence-electron chi connectivity index (χ4n) is 1.92. The Bertz CT molecular complexity index is 476. The quantitative estimate of drug-likeness (QED) is 0.844. The molecular formula is C12H13Cl2FN2O2. The van der Waals surface area contributed by atoms with Gasteiger partial charge in [0.05, 0.1) is 16.1 Å². The lowest BCUT2D eigenvalue weighted by molar-refractivity contribution is -0.126. The van der Waals surface area contributed by atoms with Crippen molar-refractivity contribution in [1.29, 1.82) is 0 Å². The lowest BCUT2D eigenvalue weighted by Crippen LogP contribution is -2.29. The molecule has 2 unspecified atom stereocenters. The smallest absolute Gasteiger partial charge is 0.253 e. The summed E-state index contributed by atoms with van der Waals surface area (Å²) in [7, 11) is 0. The monoisotopic (exact) mass is 306 g/mol. The van der Waals surface area contributed by atoms with Crippen LogP contribution in [0.5, 0.6) is 0 Å². The zero-order valence-corrected chi connectivity index (χ0v) is 11.5. The van der Waals surface area contributed by atoms with Gasteiger partial charge in [-0.3, -0.25) is 4.79 Å². The third-order valence-corrected chi connectivity index (χ3v) is 3.46. The lowest BCUT2D eigenvalue weighted by Gasteiger charge is -2.13. The van der Waals surface area contributed by atoms with Crippen molar-refractivity contribution in [1.82, 2.24) is 0 Å². The Morgan fingerprint density at radius 3 is 2.58 bits per heavy atom. The van der Waals surface area contributed by atoms with Crippen molar-refractivity contribution in [2.24, 2.45) is 5.73 Å². The number of hydrogen-bond donors (Lipinski definition) is 2. The van der Waals surface area contributed by atoms with Crippen LogP contribution in [0.3, 0.4) is 0 Å². The summed E-state index contributed by atoms with van der Waals surface area (Å²) in [6, 6.07) is 2.60. The number of rotatable bonds is 3. The van der Waals surface area contributed by atoms with Crippen LogP contribution in [0.1, 0.15) is 12.8 Å². The maximum absolute atomic E-state index is 13.2. The number of hydrogen-bond acceptors (Lipinski definition) is 3. The van der Waals surface area contributed by atoms with Gasteiger partial charge in [0.15, 0.2) is 5.82 Å². The molecule has 19 heavy (non-hydrogen) atoms. The number of carbonyl (C=O) groups is 1. The molecule has 0 bridgehead atoms. The van der Waals surface area contributed by atoms with Gasteiger partial charge in [0.1, 0.15) is 6.10 Å². The van der Waals surface area contributed by atoms with Gasteiger partial charge in [0.2, 0.25) is 0 Å². The van der Waals surface area contributed by atoms with Crippen LogP contribution in [0.25, 0.3) is 0 Å². The average Bonchev–Trinajstić information content (AvgIpc) is 2.84. The number of anilines is 1. The Labute approximate surface area is 120 Å². The first-order chi connectivity index (χ1) is 9.01. The largest absolute Gasteiger partial charge is 0.364 e. The minimum Gasteiger partial charge on any atom is -0.364 e. The molecular weight excluding hydrogens is 294 g/mol. The highest BCUT2D eigenvalue weighted by atomic mass is 35.5. The van der Waals surface area contributed by atoms with Gasteiger partial charge in [-0.05, 0) is 25.0 Å². The van der Waals surface area contributed by atoms with Crippen LogP contribution < -0.4 is 11.1 Å². The number of nitrogens with two attached hydrogens (primary N) is 1. The molecule has 1 aliphatic heterocycles. The number of carbonyl (C=O) groups excluding carboxylic acids is 1. The fraction of sp³-hybridized carbons (Fsp3) is 0.417. The lowest BCUT2D eigenvalue weighted by atomic mass is 10.2. The molecule has 0 saturated carbocycles. The number of nitrogens with one attached hydrogen (secondary N) is 1. The van der Waals surface area contributed by atoms with Crippen molar-refractivity contribution in [3.05, 3.63) is 28.0 Å². The molecule has 1 aromatic carbocycles. The van der Waals surface area contributed by atoms with Crippen LogP contribution in [0, 0.1) is 5.82 Å². The highest BCUT2D eigenvalue weighted by Gasteiger charge is 2.30. The van der Waals surface area contributed by atoms with E-state index in [0.717, 1.165) is 6.42 Å². The number of halogens is 3. The minimum absolute atomic E-state index is 0.0869. The molecule has 0 aliphatic carbocycles. The molecule has 3 N–H and O–H groups in total. The molecule has 7 heteroatoms. The Morgan fingerprint density at radius 2 is 2.05 bits per heavy atom. The second-order valence-corrected chi connectivity index (χ2v) is 5.12. The maximum Gasteiger partial charge on any atom is 0.253 e. The molecule has 2 atom stereocenters. The van der Waals surface area contributed by atoms with Crippen LogP contribution in [0.4, 0.5) is 10.1 Å². The van der Waals surface area contributed by atoms with E-state index in [2.05, 4.69) is 5.32 Å². The number of benzene rings is 1. The molecule has 0 radical (unpaired) electrons. The predicted octanol–water partition coefficient (Wildman–Crippen LogP) is 2.58. The van der Waals surface area contributed by atoms with Gasteiger partial charge in [0.25, 0.3) is 5.91 Å². The van der Waals surface area contributed by atoms with Crippen molar-refractivity contribution in [2.75, 3.05) is 11.9 Å². The molecule has 1 fully saturated rings. The van der Waals surface area contributed by atoms with Crippen LogP contribution in [-0.4, -0.2) is 24.7 Å². The summed E-state index contributed by atoms with van der Waals surface area (Å²) in [6.07, 6.45) is 0.725. The summed E-state index contributed by atoms with van der Waals surface area (Å²) < 4.78 is 18.7. The standard InChI is InChI=1S/C12H13Cl2FN2O2/c13-8-3-6(4-9(14)11(8)15)17-12(18)10-2-1-7(5-16)19-10/h3-4,7,10H,1-2,5,16H2,(H,17,18). The van der Waals surface area contributed by atoms with E-state index in [0.29, 0.717) is 18.7 Å². The first kappa shape index (κ1) is 14.5. The van der Waals surface area contributed by atoms with Crippen molar-refractivity contribution >= 4 is 34.8 Å². The minimum atomic E-state index is -0.707. The van der Waals surface area contributed by atoms with E-state index in [4.69, 9.17) is 33.7 Å². The molecule has 104 valence electrons. The first-order valence-electron chi connectivity index (χ1n) is 5.82. The van der Waals surface area contributed by atoms with Crippen molar-refractivity contribution in [2.45, 2.75) is 25.0 Å². The molecule has 1 saturated heterocycles. The van der Waals surface area contributed by atoms with E-state index in [-0.39, 0.29) is 22.1 Å². The summed E-state index contributed by atoms with van der Waals surface area (Å²) >= 11 is 11.3. The summed E-state index contributed by atoms with van der Waals surface area (Å²) in [5.41, 5.74) is 5.81. The van der Waals surface area contributed by atoms with Gasteiger partial charge in [-0.2, -0.15) is 0 Å². The Kier molecular flexibility index (Phi) is 4.62. The van der Waals surface area contributed by atoms with E-state index >= 15 is 0 Å². The SMILES string of the molecule is NCC1CCC(C(=O)Nc2cc(Cl)c(F)c(Cl)c2)O1. The predicted molar refractivity (Wildman–Crippen MR) is 72.0 cm³/mol. The third-order valence-electron chi connectivity index (χ3n) is 2.91. The molecule has 0 spiro atoms. The van der Waals surface area contributed by atoms with Crippen molar-refractivity contribution < 1.29 is 13.9 Å². The van der Waals surface area contributed by atoms with E-state index in [1.165, 1.54) is 12.1 Å². The molecule has 2 rings (SSSR count). The van der Waals surface area contributed by atoms with Crippen molar-refractivity contribution in [3.63, 3.8) is 0 Å². The second-order valence-electron chi connectivity index (χ2n) is 4.30. The molecule has 1 amide bonds. The summed E-state index contributed by atoms with van der Waals surface area (Å²) in [6.45, 7) is 0.387. The Hall–Kier alpha value is -0.880. The fourth-order valence-corrected chi connectivity index (χ4v) is 2.41. The summed E-state index contributed by atoms with van der Waals surface area (Å²) in [5, 5.41) is 2.31. The third kappa shape index (κ3) is 3.36. The van der Waals surface area contributed by atoms with Crippen LogP contribution in [-0.2, 0) is 9.53 Å². The second kappa shape index (κ2) is 6.05. The summed E-state index contributed by atoms with van der Waals surface area (Å²) in [5.74, 6) is -1.02. The van der Waals surface area contributed by atoms with E-state index < -0.39 is 11.9 Å². The van der Waals surface area contributed by atoms with Crippen molar-refractivity contribution in [3.8, 4) is 0 Å². The zero-order chi connectivity index (χ0) is 14.0. The normalized spacial score (nSPS) is 22.5. The van der Waals surface area contributed by atoms with Crippen LogP contribution >= 0.6 is 23.2 Å². The highest BCUT2D eigenvalue weighted by molar-refractivity contribution is 6.35. The summed E-state index contributed by atoms with van der Waals surface area (Å²) in [4.78, 5) is 11.9. The van der Waals surface area contributed by atoms with E-state index in [9.17, 15) is 9.18 Å².